The quantitative estimate of drug-likeness (QED) is 0.698. The van der Waals surface area contributed by atoms with Crippen molar-refractivity contribution < 1.29 is 14.3 Å². The molecule has 1 saturated heterocycles. The van der Waals surface area contributed by atoms with Crippen molar-refractivity contribution in [3.8, 4) is 0 Å². The minimum Gasteiger partial charge on any atom is -0.385 e. The Bertz CT molecular complexity index is 364. The first kappa shape index (κ1) is 14.5. The topological polar surface area (TPSA) is 58.6 Å². The second-order valence-corrected chi connectivity index (χ2v) is 6.38. The first-order chi connectivity index (χ1) is 8.94. The van der Waals surface area contributed by atoms with Crippen LogP contribution in [0, 0.1) is 5.41 Å². The van der Waals surface area contributed by atoms with E-state index in [0.717, 1.165) is 25.8 Å². The minimum absolute atomic E-state index is 0.0142. The molecule has 0 spiro atoms. The van der Waals surface area contributed by atoms with Gasteiger partial charge in [-0.25, -0.2) is 0 Å². The van der Waals surface area contributed by atoms with Crippen molar-refractivity contribution in [2.24, 2.45) is 5.41 Å². The van der Waals surface area contributed by atoms with Gasteiger partial charge in [0.15, 0.2) is 0 Å². The van der Waals surface area contributed by atoms with E-state index < -0.39 is 0 Å². The second-order valence-electron chi connectivity index (χ2n) is 6.38. The van der Waals surface area contributed by atoms with Crippen LogP contribution in [-0.2, 0) is 14.3 Å². The van der Waals surface area contributed by atoms with Crippen LogP contribution in [0.2, 0.25) is 0 Å². The molecule has 1 saturated carbocycles. The number of hydrogen-bond acceptors (Lipinski definition) is 4. The molecule has 108 valence electrons. The predicted molar refractivity (Wildman–Crippen MR) is 71.6 cm³/mol. The number of carbonyl (C=O) groups is 2. The summed E-state index contributed by atoms with van der Waals surface area (Å²) in [6.45, 7) is 5.71. The number of nitrogens with one attached hydrogen (secondary N) is 1. The molecule has 1 heterocycles. The maximum atomic E-state index is 12.1. The number of likely N-dealkylation sites (tertiary alicyclic amines) is 1. The van der Waals surface area contributed by atoms with Gasteiger partial charge in [-0.1, -0.05) is 13.8 Å². The van der Waals surface area contributed by atoms with Crippen molar-refractivity contribution in [2.75, 3.05) is 20.3 Å². The number of methoxy groups -OCH3 is 1. The van der Waals surface area contributed by atoms with E-state index in [0.29, 0.717) is 13.0 Å². The van der Waals surface area contributed by atoms with Gasteiger partial charge in [0.05, 0.1) is 12.5 Å². The van der Waals surface area contributed by atoms with Gasteiger partial charge >= 0.3 is 0 Å². The Morgan fingerprint density at radius 2 is 2.05 bits per heavy atom. The van der Waals surface area contributed by atoms with Crippen LogP contribution in [0.15, 0.2) is 0 Å². The van der Waals surface area contributed by atoms with Crippen molar-refractivity contribution in [1.82, 2.24) is 10.2 Å². The monoisotopic (exact) mass is 268 g/mol. The first-order valence-electron chi connectivity index (χ1n) is 7.03. The summed E-state index contributed by atoms with van der Waals surface area (Å²) in [5, 5.41) is 3.26. The molecule has 1 aliphatic heterocycles. The summed E-state index contributed by atoms with van der Waals surface area (Å²) in [6.07, 6.45) is 3.19. The fourth-order valence-electron chi connectivity index (χ4n) is 2.39. The molecule has 0 aromatic heterocycles. The minimum atomic E-state index is -0.324. The van der Waals surface area contributed by atoms with E-state index in [2.05, 4.69) is 19.2 Å². The van der Waals surface area contributed by atoms with Crippen LogP contribution in [0.25, 0.3) is 0 Å². The fraction of sp³-hybridized carbons (Fsp3) is 0.857. The Morgan fingerprint density at radius 1 is 1.37 bits per heavy atom. The molecular weight excluding hydrogens is 244 g/mol. The highest BCUT2D eigenvalue weighted by Gasteiger charge is 2.46. The average Bonchev–Trinajstić information content (AvgIpc) is 3.12. The van der Waals surface area contributed by atoms with Gasteiger partial charge in [0.25, 0.3) is 0 Å². The van der Waals surface area contributed by atoms with Crippen molar-refractivity contribution >= 4 is 11.8 Å². The van der Waals surface area contributed by atoms with E-state index >= 15 is 0 Å². The van der Waals surface area contributed by atoms with Gasteiger partial charge in [-0.2, -0.15) is 0 Å². The zero-order valence-electron chi connectivity index (χ0n) is 12.1. The molecule has 1 unspecified atom stereocenters. The van der Waals surface area contributed by atoms with Crippen LogP contribution in [0.3, 0.4) is 0 Å². The highest BCUT2D eigenvalue weighted by Crippen LogP contribution is 2.31. The molecule has 0 aromatic carbocycles. The highest BCUT2D eigenvalue weighted by atomic mass is 16.5. The van der Waals surface area contributed by atoms with E-state index in [1.807, 2.05) is 0 Å². The van der Waals surface area contributed by atoms with Crippen LogP contribution >= 0.6 is 0 Å². The third kappa shape index (κ3) is 3.54. The smallest absolute Gasteiger partial charge is 0.247 e. The summed E-state index contributed by atoms with van der Waals surface area (Å²) in [4.78, 5) is 25.4. The largest absolute Gasteiger partial charge is 0.385 e. The van der Waals surface area contributed by atoms with Crippen LogP contribution in [0.4, 0.5) is 0 Å². The predicted octanol–water partition coefficient (Wildman–Crippen LogP) is 0.929. The summed E-state index contributed by atoms with van der Waals surface area (Å²) < 4.78 is 5.09. The number of amides is 2. The molecule has 2 fully saturated rings. The first-order valence-corrected chi connectivity index (χ1v) is 7.03. The van der Waals surface area contributed by atoms with Crippen LogP contribution in [0.1, 0.15) is 39.5 Å². The van der Waals surface area contributed by atoms with E-state index in [-0.39, 0.29) is 29.3 Å². The summed E-state index contributed by atoms with van der Waals surface area (Å²) in [7, 11) is 1.69. The van der Waals surface area contributed by atoms with Gasteiger partial charge in [-0.15, -0.1) is 0 Å². The molecular formula is C14H24N2O3. The Labute approximate surface area is 114 Å². The molecule has 2 rings (SSSR count). The molecule has 0 aromatic rings. The molecule has 1 aliphatic carbocycles. The van der Waals surface area contributed by atoms with Gasteiger partial charge in [0.2, 0.25) is 11.8 Å². The summed E-state index contributed by atoms with van der Waals surface area (Å²) in [6, 6.07) is -0.136. The lowest BCUT2D eigenvalue weighted by atomic mass is 9.89. The van der Waals surface area contributed by atoms with E-state index in [1.54, 1.807) is 7.11 Å². The lowest BCUT2D eigenvalue weighted by molar-refractivity contribution is -0.139. The normalized spacial score (nSPS) is 24.4. The summed E-state index contributed by atoms with van der Waals surface area (Å²) in [5.41, 5.74) is 0.0618. The Kier molecular flexibility index (Phi) is 4.26. The molecule has 1 N–H and O–H groups in total. The Hall–Kier alpha value is -0.940. The zero-order valence-corrected chi connectivity index (χ0v) is 12.1. The Balaban J connectivity index is 1.83. The molecule has 0 bridgehead atoms. The van der Waals surface area contributed by atoms with Crippen LogP contribution < -0.4 is 5.32 Å². The van der Waals surface area contributed by atoms with Gasteiger partial charge in [-0.3, -0.25) is 14.5 Å². The van der Waals surface area contributed by atoms with E-state index in [9.17, 15) is 9.59 Å². The lowest BCUT2D eigenvalue weighted by Gasteiger charge is -2.26. The number of carbonyl (C=O) groups excluding carboxylic acids is 2. The van der Waals surface area contributed by atoms with Gasteiger partial charge < -0.3 is 10.1 Å². The van der Waals surface area contributed by atoms with Crippen molar-refractivity contribution in [3.63, 3.8) is 0 Å². The third-order valence-corrected chi connectivity index (χ3v) is 3.90. The number of ether oxygens (including phenoxy) is 1. The molecule has 5 nitrogen and oxygen atoms in total. The number of rotatable bonds is 7. The number of hydrogen-bond donors (Lipinski definition) is 1. The highest BCUT2D eigenvalue weighted by molar-refractivity contribution is 6.06. The fourth-order valence-corrected chi connectivity index (χ4v) is 2.39. The van der Waals surface area contributed by atoms with Crippen molar-refractivity contribution in [3.05, 3.63) is 0 Å². The Morgan fingerprint density at radius 3 is 2.63 bits per heavy atom. The maximum absolute atomic E-state index is 12.1. The third-order valence-electron chi connectivity index (χ3n) is 3.90. The number of imide groups is 1. The van der Waals surface area contributed by atoms with E-state index in [1.165, 1.54) is 4.90 Å². The maximum Gasteiger partial charge on any atom is 0.247 e. The van der Waals surface area contributed by atoms with Gasteiger partial charge in [-0.05, 0) is 24.7 Å². The SMILES string of the molecule is COCCC(C)(C)CNC1CC(=O)N(C2CC2)C1=O. The van der Waals surface area contributed by atoms with E-state index in [4.69, 9.17) is 4.74 Å². The molecule has 0 radical (unpaired) electrons. The summed E-state index contributed by atoms with van der Waals surface area (Å²) >= 11 is 0. The number of nitrogens with zero attached hydrogens (tertiary/aromatic N) is 1. The van der Waals surface area contributed by atoms with Crippen molar-refractivity contribution in [1.29, 1.82) is 0 Å². The molecule has 2 aliphatic rings. The van der Waals surface area contributed by atoms with Crippen LogP contribution in [0.5, 0.6) is 0 Å². The zero-order chi connectivity index (χ0) is 14.0. The van der Waals surface area contributed by atoms with Crippen molar-refractivity contribution in [2.45, 2.75) is 51.6 Å². The molecule has 5 heteroatoms. The van der Waals surface area contributed by atoms with Gasteiger partial charge in [0, 0.05) is 26.3 Å². The molecule has 2 amide bonds. The molecule has 1 atom stereocenters. The average molecular weight is 268 g/mol. The van der Waals surface area contributed by atoms with Gasteiger partial charge in [0.1, 0.15) is 0 Å². The second kappa shape index (κ2) is 5.59. The summed E-state index contributed by atoms with van der Waals surface area (Å²) in [5.74, 6) is -0.0465. The standard InChI is InChI=1S/C14H24N2O3/c1-14(2,6-7-19-3)9-15-11-8-12(17)16(13(11)18)10-4-5-10/h10-11,15H,4-9H2,1-3H3. The lowest BCUT2D eigenvalue weighted by Crippen LogP contribution is -2.43. The van der Waals surface area contributed by atoms with Crippen LogP contribution in [-0.4, -0.2) is 49.1 Å². The molecule has 19 heavy (non-hydrogen) atoms.